The van der Waals surface area contributed by atoms with Crippen LogP contribution in [0.2, 0.25) is 0 Å². The van der Waals surface area contributed by atoms with Gasteiger partial charge in [-0.3, -0.25) is 4.79 Å². The minimum absolute atomic E-state index is 0.321. The van der Waals surface area contributed by atoms with Gasteiger partial charge in [0.1, 0.15) is 0 Å². The van der Waals surface area contributed by atoms with E-state index in [2.05, 4.69) is 26.4 Å². The van der Waals surface area contributed by atoms with Crippen molar-refractivity contribution in [2.24, 2.45) is 10.2 Å². The molecule has 3 rings (SSSR count). The lowest BCUT2D eigenvalue weighted by Gasteiger charge is -2.01. The van der Waals surface area contributed by atoms with Crippen LogP contribution in [0.1, 0.15) is 0 Å². The zero-order chi connectivity index (χ0) is 12.6. The maximum absolute atomic E-state index is 10.7. The molecule has 2 aliphatic heterocycles. The van der Waals surface area contributed by atoms with Crippen molar-refractivity contribution < 1.29 is 4.79 Å². The SMILES string of the molecule is C1=CNNC1.O=C1C=C(Nc2ccccc2)N=N1. The van der Waals surface area contributed by atoms with Crippen LogP contribution >= 0.6 is 0 Å². The van der Waals surface area contributed by atoms with E-state index in [-0.39, 0.29) is 5.91 Å². The van der Waals surface area contributed by atoms with Gasteiger partial charge in [-0.1, -0.05) is 24.3 Å². The number of hydrogen-bond acceptors (Lipinski definition) is 5. The molecule has 0 aromatic heterocycles. The number of benzene rings is 1. The Labute approximate surface area is 104 Å². The van der Waals surface area contributed by atoms with Gasteiger partial charge in [-0.05, 0) is 12.1 Å². The Balaban J connectivity index is 0.000000202. The van der Waals surface area contributed by atoms with Crippen LogP contribution in [0.15, 0.2) is 64.7 Å². The summed E-state index contributed by atoms with van der Waals surface area (Å²) >= 11 is 0. The summed E-state index contributed by atoms with van der Waals surface area (Å²) in [5.41, 5.74) is 6.54. The second kappa shape index (κ2) is 6.31. The molecule has 6 nitrogen and oxygen atoms in total. The fourth-order valence-corrected chi connectivity index (χ4v) is 1.30. The third kappa shape index (κ3) is 3.84. The van der Waals surface area contributed by atoms with Gasteiger partial charge in [0.25, 0.3) is 5.91 Å². The van der Waals surface area contributed by atoms with E-state index < -0.39 is 0 Å². The molecule has 1 aromatic carbocycles. The molecule has 0 saturated heterocycles. The Morgan fingerprint density at radius 2 is 2.00 bits per heavy atom. The lowest BCUT2D eigenvalue weighted by molar-refractivity contribution is -0.113. The molecule has 92 valence electrons. The smallest absolute Gasteiger partial charge is 0.292 e. The first-order valence-corrected chi connectivity index (χ1v) is 5.47. The quantitative estimate of drug-likeness (QED) is 0.736. The predicted octanol–water partition coefficient (Wildman–Crippen LogP) is 1.54. The standard InChI is InChI=1S/C9H7N3O.C3H6N2/c13-9-6-8(11-12-9)10-7-4-2-1-3-5-7;1-2-4-5-3-1/h1-6,10H;1-2,4-5H,3H2. The summed E-state index contributed by atoms with van der Waals surface area (Å²) in [7, 11) is 0. The number of hydrogen-bond donors (Lipinski definition) is 3. The van der Waals surface area contributed by atoms with Crippen LogP contribution in [0.4, 0.5) is 5.69 Å². The zero-order valence-corrected chi connectivity index (χ0v) is 9.63. The van der Waals surface area contributed by atoms with Crippen molar-refractivity contribution in [3.8, 4) is 0 Å². The molecular weight excluding hydrogens is 230 g/mol. The number of hydrazine groups is 1. The highest BCUT2D eigenvalue weighted by Gasteiger charge is 2.06. The fourth-order valence-electron chi connectivity index (χ4n) is 1.30. The summed E-state index contributed by atoms with van der Waals surface area (Å²) in [5, 5.41) is 9.93. The van der Waals surface area contributed by atoms with Gasteiger partial charge < -0.3 is 10.7 Å². The molecule has 0 unspecified atom stereocenters. The average Bonchev–Trinajstić information content (AvgIpc) is 3.05. The van der Waals surface area contributed by atoms with E-state index in [9.17, 15) is 4.79 Å². The fraction of sp³-hybridized carbons (Fsp3) is 0.0833. The van der Waals surface area contributed by atoms with E-state index >= 15 is 0 Å². The third-order valence-electron chi connectivity index (χ3n) is 2.09. The van der Waals surface area contributed by atoms with Crippen LogP contribution in [0.5, 0.6) is 0 Å². The molecule has 1 aromatic rings. The summed E-state index contributed by atoms with van der Waals surface area (Å²) in [6, 6.07) is 9.49. The van der Waals surface area contributed by atoms with Gasteiger partial charge in [0.15, 0.2) is 5.82 Å². The molecule has 2 aliphatic rings. The summed E-state index contributed by atoms with van der Waals surface area (Å²) in [6.45, 7) is 0.958. The summed E-state index contributed by atoms with van der Waals surface area (Å²) < 4.78 is 0. The second-order valence-corrected chi connectivity index (χ2v) is 3.49. The molecule has 0 atom stereocenters. The first kappa shape index (κ1) is 12.0. The van der Waals surface area contributed by atoms with Crippen molar-refractivity contribution >= 4 is 11.6 Å². The first-order chi connectivity index (χ1) is 8.84. The van der Waals surface area contributed by atoms with Crippen molar-refractivity contribution in [1.82, 2.24) is 10.9 Å². The van der Waals surface area contributed by atoms with E-state index in [0.717, 1.165) is 12.2 Å². The molecule has 0 radical (unpaired) electrons. The maximum atomic E-state index is 10.7. The van der Waals surface area contributed by atoms with Crippen molar-refractivity contribution in [1.29, 1.82) is 0 Å². The summed E-state index contributed by atoms with van der Waals surface area (Å²) in [5.74, 6) is 0.162. The van der Waals surface area contributed by atoms with E-state index in [0.29, 0.717) is 5.82 Å². The molecule has 3 N–H and O–H groups in total. The van der Waals surface area contributed by atoms with E-state index in [4.69, 9.17) is 0 Å². The summed E-state index contributed by atoms with van der Waals surface area (Å²) in [6.07, 6.45) is 5.24. The predicted molar refractivity (Wildman–Crippen MR) is 68.3 cm³/mol. The Morgan fingerprint density at radius 3 is 2.50 bits per heavy atom. The zero-order valence-electron chi connectivity index (χ0n) is 9.63. The Morgan fingerprint density at radius 1 is 1.17 bits per heavy atom. The van der Waals surface area contributed by atoms with Crippen LogP contribution in [0, 0.1) is 0 Å². The topological polar surface area (TPSA) is 77.9 Å². The van der Waals surface area contributed by atoms with Crippen LogP contribution in [-0.2, 0) is 4.79 Å². The molecular formula is C12H13N5O. The molecule has 6 heteroatoms. The molecule has 0 fully saturated rings. The highest BCUT2D eigenvalue weighted by molar-refractivity contribution is 5.90. The van der Waals surface area contributed by atoms with E-state index in [1.165, 1.54) is 6.08 Å². The first-order valence-electron chi connectivity index (χ1n) is 5.47. The third-order valence-corrected chi connectivity index (χ3v) is 2.09. The number of amides is 1. The highest BCUT2D eigenvalue weighted by Crippen LogP contribution is 2.12. The minimum Gasteiger partial charge on any atom is -0.339 e. The van der Waals surface area contributed by atoms with E-state index in [1.807, 2.05) is 42.6 Å². The van der Waals surface area contributed by atoms with Crippen molar-refractivity contribution in [2.45, 2.75) is 0 Å². The number of para-hydroxylation sites is 1. The molecule has 1 amide bonds. The van der Waals surface area contributed by atoms with Gasteiger partial charge in [-0.2, -0.15) is 0 Å². The molecule has 2 heterocycles. The lowest BCUT2D eigenvalue weighted by Crippen LogP contribution is -2.19. The number of nitrogens with one attached hydrogen (secondary N) is 3. The molecule has 0 saturated carbocycles. The van der Waals surface area contributed by atoms with Crippen LogP contribution in [-0.4, -0.2) is 12.5 Å². The van der Waals surface area contributed by atoms with Gasteiger partial charge in [0, 0.05) is 18.4 Å². The normalized spacial score (nSPS) is 15.8. The van der Waals surface area contributed by atoms with Gasteiger partial charge in [0.2, 0.25) is 0 Å². The van der Waals surface area contributed by atoms with Crippen molar-refractivity contribution in [3.05, 3.63) is 54.5 Å². The number of nitrogens with zero attached hydrogens (tertiary/aromatic N) is 2. The van der Waals surface area contributed by atoms with Gasteiger partial charge in [-0.15, -0.1) is 10.2 Å². The lowest BCUT2D eigenvalue weighted by atomic mass is 10.3. The maximum Gasteiger partial charge on any atom is 0.292 e. The Hall–Kier alpha value is -2.47. The second-order valence-electron chi connectivity index (χ2n) is 3.49. The highest BCUT2D eigenvalue weighted by atomic mass is 16.1. The Kier molecular flexibility index (Phi) is 4.21. The van der Waals surface area contributed by atoms with Crippen molar-refractivity contribution in [2.75, 3.05) is 11.9 Å². The Bertz CT molecular complexity index is 486. The minimum atomic E-state index is -0.321. The average molecular weight is 243 g/mol. The molecule has 0 spiro atoms. The molecule has 0 aliphatic carbocycles. The number of carbonyl (C=O) groups excluding carboxylic acids is 1. The largest absolute Gasteiger partial charge is 0.339 e. The van der Waals surface area contributed by atoms with Gasteiger partial charge in [0.05, 0.1) is 6.08 Å². The number of carbonyl (C=O) groups is 1. The monoisotopic (exact) mass is 243 g/mol. The van der Waals surface area contributed by atoms with Crippen LogP contribution < -0.4 is 16.2 Å². The van der Waals surface area contributed by atoms with Crippen LogP contribution in [0.25, 0.3) is 0 Å². The van der Waals surface area contributed by atoms with E-state index in [1.54, 1.807) is 0 Å². The molecule has 0 bridgehead atoms. The number of azo groups is 1. The molecule has 18 heavy (non-hydrogen) atoms. The summed E-state index contributed by atoms with van der Waals surface area (Å²) in [4.78, 5) is 10.7. The van der Waals surface area contributed by atoms with Crippen LogP contribution in [0.3, 0.4) is 0 Å². The van der Waals surface area contributed by atoms with Crippen molar-refractivity contribution in [3.63, 3.8) is 0 Å². The number of anilines is 1. The van der Waals surface area contributed by atoms with Gasteiger partial charge in [-0.25, -0.2) is 5.43 Å². The number of rotatable bonds is 2. The van der Waals surface area contributed by atoms with Gasteiger partial charge >= 0.3 is 0 Å².